The second-order valence-electron chi connectivity index (χ2n) is 3.97. The molecule has 0 amide bonds. The van der Waals surface area contributed by atoms with Gasteiger partial charge in [-0.1, -0.05) is 25.5 Å². The molecule has 0 bridgehead atoms. The Morgan fingerprint density at radius 1 is 1.22 bits per heavy atom. The molecule has 0 spiro atoms. The van der Waals surface area contributed by atoms with Gasteiger partial charge in [0.25, 0.3) is 0 Å². The highest BCUT2D eigenvalue weighted by Gasteiger charge is 2.07. The lowest BCUT2D eigenvalue weighted by atomic mass is 10.1. The standard InChI is InChI=1S/C14H18O4/c1-3-4-8-17-14(16)13-7-5-6-12(9-13)10-18-11(2)15/h5-7,9H,3-4,8,10H2,1-2H3. The third-order valence-corrected chi connectivity index (χ3v) is 2.34. The number of carbonyl (C=O) groups is 2. The molecule has 0 unspecified atom stereocenters. The van der Waals surface area contributed by atoms with Gasteiger partial charge in [0.15, 0.2) is 0 Å². The summed E-state index contributed by atoms with van der Waals surface area (Å²) in [6.07, 6.45) is 1.85. The number of unbranched alkanes of at least 4 members (excludes halogenated alkanes) is 1. The highest BCUT2D eigenvalue weighted by molar-refractivity contribution is 5.89. The van der Waals surface area contributed by atoms with Gasteiger partial charge in [-0.3, -0.25) is 4.79 Å². The van der Waals surface area contributed by atoms with Crippen LogP contribution in [0, 0.1) is 0 Å². The molecule has 0 fully saturated rings. The molecule has 4 nitrogen and oxygen atoms in total. The number of hydrogen-bond acceptors (Lipinski definition) is 4. The molecule has 0 atom stereocenters. The maximum Gasteiger partial charge on any atom is 0.338 e. The second-order valence-corrected chi connectivity index (χ2v) is 3.97. The van der Waals surface area contributed by atoms with Gasteiger partial charge in [0.2, 0.25) is 0 Å². The zero-order valence-corrected chi connectivity index (χ0v) is 10.8. The largest absolute Gasteiger partial charge is 0.462 e. The van der Waals surface area contributed by atoms with E-state index in [4.69, 9.17) is 9.47 Å². The fourth-order valence-electron chi connectivity index (χ4n) is 1.37. The number of hydrogen-bond donors (Lipinski definition) is 0. The van der Waals surface area contributed by atoms with Gasteiger partial charge in [0.1, 0.15) is 6.61 Å². The Morgan fingerprint density at radius 2 is 2.00 bits per heavy atom. The summed E-state index contributed by atoms with van der Waals surface area (Å²) in [6, 6.07) is 6.91. The van der Waals surface area contributed by atoms with E-state index >= 15 is 0 Å². The predicted molar refractivity (Wildman–Crippen MR) is 67.1 cm³/mol. The molecule has 0 saturated heterocycles. The summed E-state index contributed by atoms with van der Waals surface area (Å²) < 4.78 is 9.97. The molecule has 0 aliphatic rings. The second kappa shape index (κ2) is 7.48. The van der Waals surface area contributed by atoms with Gasteiger partial charge in [-0.05, 0) is 24.1 Å². The number of rotatable bonds is 6. The van der Waals surface area contributed by atoms with Crippen molar-refractivity contribution in [1.29, 1.82) is 0 Å². The highest BCUT2D eigenvalue weighted by Crippen LogP contribution is 2.08. The molecule has 1 rings (SSSR count). The molecule has 0 aliphatic heterocycles. The van der Waals surface area contributed by atoms with Crippen LogP contribution in [0.1, 0.15) is 42.6 Å². The van der Waals surface area contributed by atoms with Crippen molar-refractivity contribution in [3.8, 4) is 0 Å². The third kappa shape index (κ3) is 4.99. The Kier molecular flexibility index (Phi) is 5.91. The first-order valence-corrected chi connectivity index (χ1v) is 6.03. The lowest BCUT2D eigenvalue weighted by Crippen LogP contribution is -2.07. The van der Waals surface area contributed by atoms with E-state index in [1.54, 1.807) is 24.3 Å². The van der Waals surface area contributed by atoms with Gasteiger partial charge in [0, 0.05) is 6.92 Å². The number of esters is 2. The van der Waals surface area contributed by atoms with Gasteiger partial charge in [-0.15, -0.1) is 0 Å². The quantitative estimate of drug-likeness (QED) is 0.575. The molecular weight excluding hydrogens is 232 g/mol. The average Bonchev–Trinajstić information content (AvgIpc) is 2.37. The SMILES string of the molecule is CCCCOC(=O)c1cccc(COC(C)=O)c1. The van der Waals surface area contributed by atoms with Crippen molar-refractivity contribution < 1.29 is 19.1 Å². The Hall–Kier alpha value is -1.84. The summed E-state index contributed by atoms with van der Waals surface area (Å²) >= 11 is 0. The van der Waals surface area contributed by atoms with Crippen molar-refractivity contribution in [3.05, 3.63) is 35.4 Å². The maximum atomic E-state index is 11.7. The van der Waals surface area contributed by atoms with Crippen molar-refractivity contribution >= 4 is 11.9 Å². The van der Waals surface area contributed by atoms with E-state index in [1.807, 2.05) is 6.92 Å². The lowest BCUT2D eigenvalue weighted by molar-refractivity contribution is -0.142. The molecule has 18 heavy (non-hydrogen) atoms. The average molecular weight is 250 g/mol. The van der Waals surface area contributed by atoms with Crippen LogP contribution in [0.4, 0.5) is 0 Å². The van der Waals surface area contributed by atoms with E-state index in [0.717, 1.165) is 18.4 Å². The smallest absolute Gasteiger partial charge is 0.338 e. The molecule has 1 aromatic carbocycles. The van der Waals surface area contributed by atoms with Crippen LogP contribution in [-0.4, -0.2) is 18.5 Å². The van der Waals surface area contributed by atoms with E-state index in [2.05, 4.69) is 0 Å². The van der Waals surface area contributed by atoms with E-state index in [1.165, 1.54) is 6.92 Å². The van der Waals surface area contributed by atoms with Crippen LogP contribution >= 0.6 is 0 Å². The van der Waals surface area contributed by atoms with Crippen molar-refractivity contribution in [2.75, 3.05) is 6.61 Å². The lowest BCUT2D eigenvalue weighted by Gasteiger charge is -2.06. The van der Waals surface area contributed by atoms with Gasteiger partial charge in [-0.2, -0.15) is 0 Å². The van der Waals surface area contributed by atoms with Crippen LogP contribution in [0.2, 0.25) is 0 Å². The minimum atomic E-state index is -0.342. The summed E-state index contributed by atoms with van der Waals surface area (Å²) in [4.78, 5) is 22.4. The zero-order chi connectivity index (χ0) is 13.4. The molecule has 1 aromatic rings. The predicted octanol–water partition coefficient (Wildman–Crippen LogP) is 2.71. The van der Waals surface area contributed by atoms with Gasteiger partial charge >= 0.3 is 11.9 Å². The molecule has 0 heterocycles. The summed E-state index contributed by atoms with van der Waals surface area (Å²) in [5, 5.41) is 0. The van der Waals surface area contributed by atoms with E-state index < -0.39 is 0 Å². The molecule has 0 radical (unpaired) electrons. The summed E-state index contributed by atoms with van der Waals surface area (Å²) in [7, 11) is 0. The molecule has 4 heteroatoms. The number of carbonyl (C=O) groups excluding carboxylic acids is 2. The van der Waals surface area contributed by atoms with Crippen molar-refractivity contribution in [2.45, 2.75) is 33.3 Å². The van der Waals surface area contributed by atoms with Crippen LogP contribution in [0.15, 0.2) is 24.3 Å². The molecule has 98 valence electrons. The first-order chi connectivity index (χ1) is 8.63. The van der Waals surface area contributed by atoms with Crippen molar-refractivity contribution in [2.24, 2.45) is 0 Å². The normalized spacial score (nSPS) is 9.89. The molecule has 0 saturated carbocycles. The first-order valence-electron chi connectivity index (χ1n) is 6.03. The number of ether oxygens (including phenoxy) is 2. The fraction of sp³-hybridized carbons (Fsp3) is 0.429. The molecule has 0 aliphatic carbocycles. The summed E-state index contributed by atoms with van der Waals surface area (Å²) in [6.45, 7) is 3.99. The minimum absolute atomic E-state index is 0.172. The fourth-order valence-corrected chi connectivity index (χ4v) is 1.37. The van der Waals surface area contributed by atoms with E-state index in [-0.39, 0.29) is 18.5 Å². The zero-order valence-electron chi connectivity index (χ0n) is 10.8. The van der Waals surface area contributed by atoms with Crippen molar-refractivity contribution in [3.63, 3.8) is 0 Å². The Labute approximate surface area is 107 Å². The third-order valence-electron chi connectivity index (χ3n) is 2.34. The van der Waals surface area contributed by atoms with Crippen LogP contribution in [-0.2, 0) is 20.9 Å². The Bertz CT molecular complexity index is 412. The summed E-state index contributed by atoms with van der Waals surface area (Å²) in [5.41, 5.74) is 1.26. The van der Waals surface area contributed by atoms with E-state index in [0.29, 0.717) is 12.2 Å². The van der Waals surface area contributed by atoms with Crippen LogP contribution in [0.3, 0.4) is 0 Å². The number of benzene rings is 1. The molecule has 0 N–H and O–H groups in total. The topological polar surface area (TPSA) is 52.6 Å². The van der Waals surface area contributed by atoms with Crippen LogP contribution in [0.25, 0.3) is 0 Å². The van der Waals surface area contributed by atoms with Gasteiger partial charge in [-0.25, -0.2) is 4.79 Å². The highest BCUT2D eigenvalue weighted by atomic mass is 16.5. The van der Waals surface area contributed by atoms with E-state index in [9.17, 15) is 9.59 Å². The molecule has 0 aromatic heterocycles. The van der Waals surface area contributed by atoms with Gasteiger partial charge in [0.05, 0.1) is 12.2 Å². The molecular formula is C14H18O4. The maximum absolute atomic E-state index is 11.7. The Balaban J connectivity index is 2.57. The van der Waals surface area contributed by atoms with Crippen LogP contribution < -0.4 is 0 Å². The minimum Gasteiger partial charge on any atom is -0.462 e. The van der Waals surface area contributed by atoms with Crippen molar-refractivity contribution in [1.82, 2.24) is 0 Å². The summed E-state index contributed by atoms with van der Waals surface area (Å²) in [5.74, 6) is -0.681. The Morgan fingerprint density at radius 3 is 2.67 bits per heavy atom. The monoisotopic (exact) mass is 250 g/mol. The van der Waals surface area contributed by atoms with Gasteiger partial charge < -0.3 is 9.47 Å². The first kappa shape index (κ1) is 14.2. The van der Waals surface area contributed by atoms with Crippen LogP contribution in [0.5, 0.6) is 0 Å².